The lowest BCUT2D eigenvalue weighted by Gasteiger charge is -2.27. The molecule has 0 radical (unpaired) electrons. The molecule has 8 nitrogen and oxygen atoms in total. The van der Waals surface area contributed by atoms with Gasteiger partial charge in [0.25, 0.3) is 5.56 Å². The van der Waals surface area contributed by atoms with Crippen LogP contribution >= 0.6 is 0 Å². The average Bonchev–Trinajstić information content (AvgIpc) is 2.74. The summed E-state index contributed by atoms with van der Waals surface area (Å²) in [7, 11) is 3.16. The van der Waals surface area contributed by atoms with E-state index in [4.69, 9.17) is 14.5 Å². The lowest BCUT2D eigenvalue weighted by atomic mass is 10.1. The van der Waals surface area contributed by atoms with E-state index in [0.717, 1.165) is 11.3 Å². The summed E-state index contributed by atoms with van der Waals surface area (Å²) >= 11 is 0. The van der Waals surface area contributed by atoms with Crippen molar-refractivity contribution in [2.75, 3.05) is 24.9 Å². The predicted octanol–water partition coefficient (Wildman–Crippen LogP) is 3.63. The number of guanidine groups is 1. The lowest BCUT2D eigenvalue weighted by Crippen LogP contribution is -2.37. The molecule has 0 fully saturated rings. The van der Waals surface area contributed by atoms with Crippen molar-refractivity contribution in [3.8, 4) is 11.5 Å². The van der Waals surface area contributed by atoms with Crippen molar-refractivity contribution in [3.05, 3.63) is 75.2 Å². The number of aliphatic imine (C=N–C) groups is 1. The Balaban J connectivity index is 1.81. The number of aryl methyl sites for hydroxylation is 3. The van der Waals surface area contributed by atoms with Gasteiger partial charge < -0.3 is 14.8 Å². The van der Waals surface area contributed by atoms with E-state index in [1.807, 2.05) is 24.3 Å². The molecule has 0 spiro atoms. The summed E-state index contributed by atoms with van der Waals surface area (Å²) in [6.45, 7) is 5.91. The Hall–Kier alpha value is -3.81. The minimum Gasteiger partial charge on any atom is -0.493 e. The number of aromatic nitrogens is 2. The third-order valence-corrected chi connectivity index (χ3v) is 5.28. The highest BCUT2D eigenvalue weighted by Gasteiger charge is 2.26. The summed E-state index contributed by atoms with van der Waals surface area (Å²) in [5.74, 6) is 2.09. The van der Waals surface area contributed by atoms with E-state index < -0.39 is 6.17 Å². The monoisotopic (exact) mass is 419 g/mol. The summed E-state index contributed by atoms with van der Waals surface area (Å²) in [5, 5.41) is 6.45. The lowest BCUT2D eigenvalue weighted by molar-refractivity contribution is 0.354. The number of anilines is 2. The van der Waals surface area contributed by atoms with Gasteiger partial charge in [0, 0.05) is 23.0 Å². The van der Waals surface area contributed by atoms with Crippen molar-refractivity contribution in [2.24, 2.45) is 4.99 Å². The average molecular weight is 419 g/mol. The molecule has 8 heteroatoms. The number of hydrogen-bond donors (Lipinski definition) is 2. The summed E-state index contributed by atoms with van der Waals surface area (Å²) < 4.78 is 12.3. The van der Waals surface area contributed by atoms with Crippen LogP contribution in [-0.2, 0) is 0 Å². The van der Waals surface area contributed by atoms with Crippen molar-refractivity contribution in [1.29, 1.82) is 0 Å². The fourth-order valence-electron chi connectivity index (χ4n) is 3.50. The first-order valence-electron chi connectivity index (χ1n) is 9.91. The van der Waals surface area contributed by atoms with Gasteiger partial charge in [-0.15, -0.1) is 0 Å². The zero-order valence-electron chi connectivity index (χ0n) is 18.2. The number of methoxy groups -OCH3 is 2. The van der Waals surface area contributed by atoms with E-state index in [1.165, 1.54) is 21.8 Å². The van der Waals surface area contributed by atoms with Gasteiger partial charge in [0.2, 0.25) is 11.9 Å². The number of benzene rings is 2. The molecule has 1 aliphatic rings. The van der Waals surface area contributed by atoms with Crippen LogP contribution in [0.3, 0.4) is 0 Å². The quantitative estimate of drug-likeness (QED) is 0.671. The van der Waals surface area contributed by atoms with E-state index in [-0.39, 0.29) is 5.56 Å². The molecule has 1 aromatic heterocycles. The van der Waals surface area contributed by atoms with Gasteiger partial charge in [-0.25, -0.2) is 9.98 Å². The van der Waals surface area contributed by atoms with Gasteiger partial charge >= 0.3 is 0 Å². The second kappa shape index (κ2) is 8.14. The number of rotatable bonds is 4. The highest BCUT2D eigenvalue weighted by atomic mass is 16.5. The van der Waals surface area contributed by atoms with Crippen molar-refractivity contribution in [2.45, 2.75) is 26.9 Å². The van der Waals surface area contributed by atoms with Crippen molar-refractivity contribution in [3.63, 3.8) is 0 Å². The number of ether oxygens (including phenoxy) is 2. The maximum Gasteiger partial charge on any atom is 0.257 e. The fraction of sp³-hybridized carbons (Fsp3) is 0.261. The molecule has 0 amide bonds. The Labute approximate surface area is 180 Å². The topological polar surface area (TPSA) is 89.8 Å². The van der Waals surface area contributed by atoms with Gasteiger partial charge in [-0.3, -0.25) is 14.7 Å². The maximum atomic E-state index is 12.8. The molecule has 2 heterocycles. The summed E-state index contributed by atoms with van der Waals surface area (Å²) in [5.41, 5.74) is 4.48. The number of fused-ring (bicyclic) bond motifs is 1. The number of nitrogens with zero attached hydrogens (tertiary/aromatic N) is 3. The molecule has 1 aliphatic heterocycles. The van der Waals surface area contributed by atoms with Gasteiger partial charge in [0.05, 0.1) is 14.2 Å². The van der Waals surface area contributed by atoms with E-state index in [9.17, 15) is 4.79 Å². The molecule has 2 N–H and O–H groups in total. The van der Waals surface area contributed by atoms with Crippen LogP contribution in [0.1, 0.15) is 28.6 Å². The molecule has 160 valence electrons. The smallest absolute Gasteiger partial charge is 0.257 e. The second-order valence-corrected chi connectivity index (χ2v) is 7.44. The van der Waals surface area contributed by atoms with Gasteiger partial charge in [-0.05, 0) is 56.2 Å². The molecule has 3 aromatic rings. The van der Waals surface area contributed by atoms with E-state index in [1.54, 1.807) is 27.2 Å². The molecule has 0 bridgehead atoms. The van der Waals surface area contributed by atoms with Crippen LogP contribution in [0.5, 0.6) is 11.5 Å². The van der Waals surface area contributed by atoms with E-state index in [0.29, 0.717) is 29.1 Å². The predicted molar refractivity (Wildman–Crippen MR) is 122 cm³/mol. The van der Waals surface area contributed by atoms with Crippen LogP contribution < -0.4 is 25.7 Å². The maximum absolute atomic E-state index is 12.8. The Kier molecular flexibility index (Phi) is 5.37. The molecule has 1 atom stereocenters. The first-order chi connectivity index (χ1) is 14.9. The normalized spacial score (nSPS) is 14.9. The number of hydrogen-bond acceptors (Lipinski definition) is 7. The first-order valence-corrected chi connectivity index (χ1v) is 9.91. The Morgan fingerprint density at radius 1 is 0.968 bits per heavy atom. The molecular formula is C23H25N5O3. The largest absolute Gasteiger partial charge is 0.493 e. The number of nitrogens with one attached hydrogen (secondary N) is 2. The minimum atomic E-state index is -0.620. The van der Waals surface area contributed by atoms with Crippen molar-refractivity contribution in [1.82, 2.24) is 9.55 Å². The van der Waals surface area contributed by atoms with Gasteiger partial charge in [-0.2, -0.15) is 0 Å². The van der Waals surface area contributed by atoms with E-state index in [2.05, 4.69) is 35.5 Å². The zero-order chi connectivity index (χ0) is 22.1. The van der Waals surface area contributed by atoms with Crippen molar-refractivity contribution >= 4 is 17.6 Å². The Morgan fingerprint density at radius 3 is 2.45 bits per heavy atom. The molecule has 0 saturated heterocycles. The summed E-state index contributed by atoms with van der Waals surface area (Å²) in [6, 6.07) is 13.1. The SMILES string of the molecule is COc1ccc(C2N=C(Nc3ccc(C)c(C)c3)Nc3nc(C)cc(=O)n32)cc1OC. The zero-order valence-corrected chi connectivity index (χ0v) is 18.2. The molecular weight excluding hydrogens is 394 g/mol. The third kappa shape index (κ3) is 3.96. The van der Waals surface area contributed by atoms with Crippen LogP contribution in [0.4, 0.5) is 11.6 Å². The van der Waals surface area contributed by atoms with Crippen LogP contribution in [-0.4, -0.2) is 29.7 Å². The molecule has 2 aromatic carbocycles. The highest BCUT2D eigenvalue weighted by molar-refractivity contribution is 6.03. The van der Waals surface area contributed by atoms with E-state index >= 15 is 0 Å². The minimum absolute atomic E-state index is 0.191. The van der Waals surface area contributed by atoms with Crippen LogP contribution in [0.25, 0.3) is 0 Å². The van der Waals surface area contributed by atoms with Crippen LogP contribution in [0.2, 0.25) is 0 Å². The molecule has 31 heavy (non-hydrogen) atoms. The van der Waals surface area contributed by atoms with Gasteiger partial charge in [0.1, 0.15) is 0 Å². The van der Waals surface area contributed by atoms with Crippen LogP contribution in [0.15, 0.2) is 52.3 Å². The molecule has 1 unspecified atom stereocenters. The highest BCUT2D eigenvalue weighted by Crippen LogP contribution is 2.33. The summed E-state index contributed by atoms with van der Waals surface area (Å²) in [6.07, 6.45) is -0.620. The Morgan fingerprint density at radius 2 is 1.74 bits per heavy atom. The fourth-order valence-corrected chi connectivity index (χ4v) is 3.50. The molecule has 0 saturated carbocycles. The van der Waals surface area contributed by atoms with Gasteiger partial charge in [0.15, 0.2) is 17.7 Å². The first kappa shape index (κ1) is 20.5. The van der Waals surface area contributed by atoms with Gasteiger partial charge in [-0.1, -0.05) is 12.1 Å². The van der Waals surface area contributed by atoms with Crippen molar-refractivity contribution < 1.29 is 9.47 Å². The summed E-state index contributed by atoms with van der Waals surface area (Å²) in [4.78, 5) is 22.1. The third-order valence-electron chi connectivity index (χ3n) is 5.28. The molecule has 4 rings (SSSR count). The second-order valence-electron chi connectivity index (χ2n) is 7.44. The standard InChI is InChI=1S/C23H25N5O3/c1-13-6-8-17(10-14(13)2)25-22-26-21(16-7-9-18(30-4)19(12-16)31-5)28-20(29)11-15(3)24-23(28)27-22/h6-12,21H,1-5H3,(H2,24,25,26,27). The molecule has 0 aliphatic carbocycles. The van der Waals surface area contributed by atoms with Crippen LogP contribution in [0, 0.1) is 20.8 Å². The Bertz CT molecular complexity index is 1230.